The standard InChI is InChI=1S/C15H19NOS2/c17-14-16-13-12(19-14)15(5-1-2-6-15)10-8-3-4-9(7-8)11(10)18-13/h8-11H,1-7H2,(H,16,17)/t8-,9-,10+,11+/m0/s1. The number of rotatable bonds is 0. The lowest BCUT2D eigenvalue weighted by Gasteiger charge is -2.47. The number of H-pyrrole nitrogens is 1. The minimum Gasteiger partial charge on any atom is -0.307 e. The third kappa shape index (κ3) is 1.33. The van der Waals surface area contributed by atoms with E-state index in [4.69, 9.17) is 0 Å². The van der Waals surface area contributed by atoms with Gasteiger partial charge in [-0.25, -0.2) is 0 Å². The molecule has 5 rings (SSSR count). The van der Waals surface area contributed by atoms with E-state index < -0.39 is 0 Å². The molecule has 2 nitrogen and oxygen atoms in total. The highest BCUT2D eigenvalue weighted by molar-refractivity contribution is 8.00. The van der Waals surface area contributed by atoms with Gasteiger partial charge in [0.25, 0.3) is 0 Å². The number of hydrogen-bond acceptors (Lipinski definition) is 3. The van der Waals surface area contributed by atoms with E-state index in [1.807, 2.05) is 11.8 Å². The quantitative estimate of drug-likeness (QED) is 0.790. The van der Waals surface area contributed by atoms with Gasteiger partial charge in [0.1, 0.15) is 0 Å². The van der Waals surface area contributed by atoms with E-state index in [2.05, 4.69) is 4.98 Å². The Kier molecular flexibility index (Phi) is 2.23. The Morgan fingerprint density at radius 1 is 1.16 bits per heavy atom. The summed E-state index contributed by atoms with van der Waals surface area (Å²) in [6.45, 7) is 0. The molecule has 0 amide bonds. The van der Waals surface area contributed by atoms with Crippen molar-refractivity contribution < 1.29 is 0 Å². The summed E-state index contributed by atoms with van der Waals surface area (Å²) in [5.41, 5.74) is 0.398. The Bertz CT molecular complexity index is 583. The zero-order valence-corrected chi connectivity index (χ0v) is 12.6. The first-order chi connectivity index (χ1) is 9.28. The molecule has 0 aromatic carbocycles. The van der Waals surface area contributed by atoms with Gasteiger partial charge in [0, 0.05) is 15.5 Å². The molecule has 4 heteroatoms. The second-order valence-corrected chi connectivity index (χ2v) is 9.15. The molecule has 0 unspecified atom stereocenters. The Morgan fingerprint density at radius 3 is 2.79 bits per heavy atom. The van der Waals surface area contributed by atoms with Gasteiger partial charge >= 0.3 is 4.87 Å². The zero-order chi connectivity index (χ0) is 12.6. The Labute approximate surface area is 121 Å². The Balaban J connectivity index is 1.73. The van der Waals surface area contributed by atoms with Crippen LogP contribution >= 0.6 is 23.1 Å². The van der Waals surface area contributed by atoms with E-state index in [9.17, 15) is 4.79 Å². The summed E-state index contributed by atoms with van der Waals surface area (Å²) in [4.78, 5) is 16.6. The summed E-state index contributed by atoms with van der Waals surface area (Å²) in [5.74, 6) is 2.79. The molecule has 4 aliphatic rings. The molecule has 0 radical (unpaired) electrons. The van der Waals surface area contributed by atoms with Crippen LogP contribution in [0.4, 0.5) is 0 Å². The van der Waals surface area contributed by atoms with Gasteiger partial charge in [-0.2, -0.15) is 0 Å². The molecule has 2 heterocycles. The van der Waals surface area contributed by atoms with Gasteiger partial charge in [0.05, 0.1) is 5.03 Å². The van der Waals surface area contributed by atoms with Crippen LogP contribution in [0.5, 0.6) is 0 Å². The highest BCUT2D eigenvalue weighted by Gasteiger charge is 2.61. The van der Waals surface area contributed by atoms with Crippen LogP contribution in [0, 0.1) is 17.8 Å². The number of aromatic amines is 1. The SMILES string of the molecule is O=c1[nH]c2c(s1)C1(CCCC1)[C@@H]1[C@H]3CC[C@@H](C3)[C@H]1S2. The highest BCUT2D eigenvalue weighted by atomic mass is 32.2. The molecule has 4 atom stereocenters. The van der Waals surface area contributed by atoms with Crippen LogP contribution in [0.15, 0.2) is 9.82 Å². The van der Waals surface area contributed by atoms with Gasteiger partial charge in [-0.15, -0.1) is 11.8 Å². The summed E-state index contributed by atoms with van der Waals surface area (Å²) in [6.07, 6.45) is 9.82. The normalized spacial score (nSPS) is 41.7. The highest BCUT2D eigenvalue weighted by Crippen LogP contribution is 2.67. The third-order valence-corrected chi connectivity index (χ3v) is 9.02. The van der Waals surface area contributed by atoms with Crippen molar-refractivity contribution in [3.05, 3.63) is 14.5 Å². The molecular weight excluding hydrogens is 274 g/mol. The monoisotopic (exact) mass is 293 g/mol. The second kappa shape index (κ2) is 3.70. The van der Waals surface area contributed by atoms with Crippen molar-refractivity contribution in [1.82, 2.24) is 4.98 Å². The predicted octanol–water partition coefficient (Wildman–Crippen LogP) is 3.77. The van der Waals surface area contributed by atoms with Gasteiger partial charge in [-0.05, 0) is 49.9 Å². The van der Waals surface area contributed by atoms with Crippen molar-refractivity contribution in [2.24, 2.45) is 17.8 Å². The Morgan fingerprint density at radius 2 is 1.95 bits per heavy atom. The number of thioether (sulfide) groups is 1. The van der Waals surface area contributed by atoms with E-state index >= 15 is 0 Å². The van der Waals surface area contributed by atoms with Gasteiger partial charge in [0.2, 0.25) is 0 Å². The average Bonchev–Trinajstić information content (AvgIpc) is 3.12. The summed E-state index contributed by atoms with van der Waals surface area (Å²) < 4.78 is 0. The van der Waals surface area contributed by atoms with E-state index in [0.29, 0.717) is 5.41 Å². The van der Waals surface area contributed by atoms with Gasteiger partial charge in [-0.1, -0.05) is 24.2 Å². The lowest BCUT2D eigenvalue weighted by atomic mass is 9.65. The minimum atomic E-state index is 0.177. The molecular formula is C15H19NOS2. The third-order valence-electron chi connectivity index (χ3n) is 6.30. The van der Waals surface area contributed by atoms with Crippen LogP contribution in [-0.2, 0) is 5.41 Å². The molecule has 1 aromatic heterocycles. The maximum Gasteiger partial charge on any atom is 0.305 e. The van der Waals surface area contributed by atoms with Crippen LogP contribution in [-0.4, -0.2) is 10.2 Å². The molecule has 3 saturated carbocycles. The summed E-state index contributed by atoms with van der Waals surface area (Å²) in [7, 11) is 0. The topological polar surface area (TPSA) is 32.9 Å². The lowest BCUT2D eigenvalue weighted by molar-refractivity contribution is 0.188. The van der Waals surface area contributed by atoms with Crippen molar-refractivity contribution in [1.29, 1.82) is 0 Å². The number of thiazole rings is 1. The maximum absolute atomic E-state index is 11.8. The van der Waals surface area contributed by atoms with Crippen LogP contribution in [0.3, 0.4) is 0 Å². The molecule has 3 fully saturated rings. The molecule has 19 heavy (non-hydrogen) atoms. The van der Waals surface area contributed by atoms with Gasteiger partial charge in [0.15, 0.2) is 0 Å². The number of fused-ring (bicyclic) bond motifs is 8. The minimum absolute atomic E-state index is 0.177. The Hall–Kier alpha value is -0.220. The number of aromatic nitrogens is 1. The maximum atomic E-state index is 11.8. The van der Waals surface area contributed by atoms with Crippen molar-refractivity contribution in [3.63, 3.8) is 0 Å². The molecule has 0 saturated heterocycles. The fourth-order valence-corrected chi connectivity index (χ4v) is 8.92. The molecule has 2 bridgehead atoms. The predicted molar refractivity (Wildman–Crippen MR) is 79.1 cm³/mol. The fraction of sp³-hybridized carbons (Fsp3) is 0.800. The molecule has 3 aliphatic carbocycles. The van der Waals surface area contributed by atoms with Crippen LogP contribution < -0.4 is 4.87 Å². The van der Waals surface area contributed by atoms with E-state index in [1.54, 1.807) is 0 Å². The van der Waals surface area contributed by atoms with Crippen LogP contribution in [0.1, 0.15) is 49.8 Å². The first-order valence-corrected chi connectivity index (χ1v) is 9.38. The van der Waals surface area contributed by atoms with Crippen molar-refractivity contribution in [2.45, 2.75) is 60.6 Å². The molecule has 102 valence electrons. The van der Waals surface area contributed by atoms with Crippen molar-refractivity contribution in [2.75, 3.05) is 0 Å². The average molecular weight is 293 g/mol. The van der Waals surface area contributed by atoms with Crippen molar-refractivity contribution >= 4 is 23.1 Å². The van der Waals surface area contributed by atoms with Gasteiger partial charge < -0.3 is 4.98 Å². The van der Waals surface area contributed by atoms with Crippen LogP contribution in [0.25, 0.3) is 0 Å². The zero-order valence-electron chi connectivity index (χ0n) is 11.0. The number of hydrogen-bond donors (Lipinski definition) is 1. The van der Waals surface area contributed by atoms with E-state index in [1.165, 1.54) is 66.2 Å². The molecule has 1 spiro atoms. The molecule has 1 aromatic rings. The van der Waals surface area contributed by atoms with Crippen LogP contribution in [0.2, 0.25) is 0 Å². The lowest BCUT2D eigenvalue weighted by Crippen LogP contribution is -2.44. The largest absolute Gasteiger partial charge is 0.307 e. The summed E-state index contributed by atoms with van der Waals surface area (Å²) in [6, 6.07) is 0. The summed E-state index contributed by atoms with van der Waals surface area (Å²) >= 11 is 3.56. The number of nitrogens with one attached hydrogen (secondary N) is 1. The fourth-order valence-electron chi connectivity index (χ4n) is 5.75. The first-order valence-electron chi connectivity index (χ1n) is 7.68. The van der Waals surface area contributed by atoms with Gasteiger partial charge in [-0.3, -0.25) is 4.79 Å². The molecule has 1 N–H and O–H groups in total. The van der Waals surface area contributed by atoms with E-state index in [0.717, 1.165) is 23.0 Å². The summed E-state index contributed by atoms with van der Waals surface area (Å²) in [5, 5.41) is 2.07. The molecule has 1 aliphatic heterocycles. The first kappa shape index (κ1) is 11.4. The van der Waals surface area contributed by atoms with Crippen molar-refractivity contribution in [3.8, 4) is 0 Å². The van der Waals surface area contributed by atoms with E-state index in [-0.39, 0.29) is 4.87 Å². The second-order valence-electron chi connectivity index (χ2n) is 6.98. The smallest absolute Gasteiger partial charge is 0.305 e.